The van der Waals surface area contributed by atoms with E-state index in [1.165, 1.54) is 30.7 Å². The Morgan fingerprint density at radius 1 is 1.15 bits per heavy atom. The van der Waals surface area contributed by atoms with Crippen LogP contribution < -0.4 is 5.56 Å². The molecular weight excluding hydrogens is 269 g/mol. The second-order valence-electron chi connectivity index (χ2n) is 4.68. The highest BCUT2D eigenvalue weighted by Crippen LogP contribution is 2.35. The maximum absolute atomic E-state index is 13.0. The van der Waals surface area contributed by atoms with Gasteiger partial charge in [0.25, 0.3) is 5.56 Å². The van der Waals surface area contributed by atoms with Gasteiger partial charge in [-0.25, -0.2) is 0 Å². The molecule has 0 N–H and O–H groups in total. The molecule has 0 unspecified atom stereocenters. The molecule has 0 amide bonds. The molecule has 0 fully saturated rings. The molecule has 20 heavy (non-hydrogen) atoms. The fraction of sp³-hybridized carbons (Fsp3) is 0.286. The minimum atomic E-state index is -4.51. The van der Waals surface area contributed by atoms with Gasteiger partial charge in [0.1, 0.15) is 0 Å². The maximum Gasteiger partial charge on any atom is 0.417 e. The van der Waals surface area contributed by atoms with E-state index in [-0.39, 0.29) is 17.2 Å². The van der Waals surface area contributed by atoms with Crippen molar-refractivity contribution < 1.29 is 13.2 Å². The van der Waals surface area contributed by atoms with Gasteiger partial charge in [-0.05, 0) is 19.9 Å². The topological polar surface area (TPSA) is 34.9 Å². The van der Waals surface area contributed by atoms with Crippen LogP contribution in [0.5, 0.6) is 0 Å². The number of nitrogens with zero attached hydrogens (tertiary/aromatic N) is 2. The lowest BCUT2D eigenvalue weighted by molar-refractivity contribution is -0.137. The van der Waals surface area contributed by atoms with Crippen molar-refractivity contribution in [2.24, 2.45) is 0 Å². The van der Waals surface area contributed by atoms with Crippen LogP contribution in [0.4, 0.5) is 13.2 Å². The van der Waals surface area contributed by atoms with Crippen molar-refractivity contribution in [2.45, 2.75) is 26.1 Å². The van der Waals surface area contributed by atoms with Crippen LogP contribution >= 0.6 is 0 Å². The van der Waals surface area contributed by atoms with E-state index >= 15 is 0 Å². The van der Waals surface area contributed by atoms with Crippen LogP contribution in [-0.4, -0.2) is 9.55 Å². The average molecular weight is 282 g/mol. The van der Waals surface area contributed by atoms with Gasteiger partial charge in [0.05, 0.1) is 17.5 Å². The molecule has 1 aromatic heterocycles. The Hall–Kier alpha value is -2.11. The highest BCUT2D eigenvalue weighted by molar-refractivity contribution is 5.66. The zero-order valence-electron chi connectivity index (χ0n) is 11.0. The summed E-state index contributed by atoms with van der Waals surface area (Å²) in [5.74, 6) is 0. The number of alkyl halides is 3. The third-order valence-corrected chi connectivity index (χ3v) is 2.94. The summed E-state index contributed by atoms with van der Waals surface area (Å²) in [6.45, 7) is 3.71. The fourth-order valence-electron chi connectivity index (χ4n) is 1.86. The van der Waals surface area contributed by atoms with Crippen molar-refractivity contribution in [1.82, 2.24) is 9.55 Å². The first-order valence-corrected chi connectivity index (χ1v) is 6.05. The molecule has 0 radical (unpaired) electrons. The van der Waals surface area contributed by atoms with Crippen LogP contribution in [0, 0.1) is 0 Å². The lowest BCUT2D eigenvalue weighted by Gasteiger charge is -2.14. The van der Waals surface area contributed by atoms with Crippen LogP contribution in [-0.2, 0) is 6.18 Å². The summed E-state index contributed by atoms with van der Waals surface area (Å²) in [6.07, 6.45) is -1.78. The predicted molar refractivity (Wildman–Crippen MR) is 69.3 cm³/mol. The van der Waals surface area contributed by atoms with Gasteiger partial charge in [-0.2, -0.15) is 18.2 Å². The molecule has 1 aromatic carbocycles. The Kier molecular flexibility index (Phi) is 3.65. The second-order valence-corrected chi connectivity index (χ2v) is 4.68. The average Bonchev–Trinajstić information content (AvgIpc) is 2.38. The molecule has 6 heteroatoms. The van der Waals surface area contributed by atoms with Crippen LogP contribution in [0.3, 0.4) is 0 Å². The Labute approximate surface area is 113 Å². The van der Waals surface area contributed by atoms with Gasteiger partial charge in [0.15, 0.2) is 0 Å². The van der Waals surface area contributed by atoms with Crippen LogP contribution in [0.15, 0.2) is 41.6 Å². The lowest BCUT2D eigenvalue weighted by Crippen LogP contribution is -2.17. The lowest BCUT2D eigenvalue weighted by atomic mass is 10.0. The molecule has 2 rings (SSSR count). The fourth-order valence-corrected chi connectivity index (χ4v) is 1.86. The molecule has 0 aliphatic heterocycles. The zero-order chi connectivity index (χ0) is 14.9. The first kappa shape index (κ1) is 14.3. The van der Waals surface area contributed by atoms with Gasteiger partial charge >= 0.3 is 6.18 Å². The number of benzene rings is 1. The molecule has 1 heterocycles. The summed E-state index contributed by atoms with van der Waals surface area (Å²) in [6, 6.07) is 5.01. The van der Waals surface area contributed by atoms with E-state index < -0.39 is 17.3 Å². The number of aromatic nitrogens is 2. The van der Waals surface area contributed by atoms with E-state index in [9.17, 15) is 18.0 Å². The summed E-state index contributed by atoms with van der Waals surface area (Å²) in [5.41, 5.74) is -1.69. The van der Waals surface area contributed by atoms with E-state index in [1.807, 2.05) is 13.8 Å². The minimum absolute atomic E-state index is 0.0000935. The van der Waals surface area contributed by atoms with E-state index in [1.54, 1.807) is 4.57 Å². The molecule has 0 bridgehead atoms. The molecule has 0 aliphatic rings. The molecule has 0 saturated carbocycles. The smallest absolute Gasteiger partial charge is 0.336 e. The monoisotopic (exact) mass is 282 g/mol. The van der Waals surface area contributed by atoms with Crippen LogP contribution in [0.25, 0.3) is 11.1 Å². The molecule has 3 nitrogen and oxygen atoms in total. The van der Waals surface area contributed by atoms with Crippen LogP contribution in [0.2, 0.25) is 0 Å². The van der Waals surface area contributed by atoms with Gasteiger partial charge in [0.2, 0.25) is 0 Å². The molecule has 0 spiro atoms. The Bertz CT molecular complexity index is 675. The van der Waals surface area contributed by atoms with Crippen molar-refractivity contribution in [3.63, 3.8) is 0 Å². The quantitative estimate of drug-likeness (QED) is 0.844. The number of hydrogen-bond donors (Lipinski definition) is 0. The first-order chi connectivity index (χ1) is 9.30. The van der Waals surface area contributed by atoms with Gasteiger partial charge in [0, 0.05) is 17.8 Å². The summed E-state index contributed by atoms with van der Waals surface area (Å²) in [7, 11) is 0. The summed E-state index contributed by atoms with van der Waals surface area (Å²) in [5, 5.41) is 0. The van der Waals surface area contributed by atoms with E-state index in [0.29, 0.717) is 0 Å². The van der Waals surface area contributed by atoms with E-state index in [4.69, 9.17) is 0 Å². The van der Waals surface area contributed by atoms with Crippen LogP contribution in [0.1, 0.15) is 25.5 Å². The largest absolute Gasteiger partial charge is 0.417 e. The second kappa shape index (κ2) is 5.11. The maximum atomic E-state index is 13.0. The van der Waals surface area contributed by atoms with Crippen molar-refractivity contribution in [3.05, 3.63) is 52.7 Å². The Morgan fingerprint density at radius 2 is 1.80 bits per heavy atom. The number of halogens is 3. The van der Waals surface area contributed by atoms with Crippen molar-refractivity contribution in [2.75, 3.05) is 0 Å². The standard InChI is InChI=1S/C14H13F3N2O/c1-9(2)19-7-11(13(20)18-8-19)10-5-3-4-6-12(10)14(15,16)17/h3-9H,1-2H3. The minimum Gasteiger partial charge on any atom is -0.336 e. The molecule has 106 valence electrons. The molecule has 2 aromatic rings. The van der Waals surface area contributed by atoms with Gasteiger partial charge < -0.3 is 4.57 Å². The Morgan fingerprint density at radius 3 is 2.40 bits per heavy atom. The molecular formula is C14H13F3N2O. The summed E-state index contributed by atoms with van der Waals surface area (Å²) < 4.78 is 40.6. The van der Waals surface area contributed by atoms with Gasteiger partial charge in [-0.3, -0.25) is 4.79 Å². The van der Waals surface area contributed by atoms with Crippen molar-refractivity contribution in [3.8, 4) is 11.1 Å². The third-order valence-electron chi connectivity index (χ3n) is 2.94. The highest BCUT2D eigenvalue weighted by atomic mass is 19.4. The van der Waals surface area contributed by atoms with E-state index in [0.717, 1.165) is 6.07 Å². The third kappa shape index (κ3) is 2.74. The number of rotatable bonds is 2. The van der Waals surface area contributed by atoms with Crippen molar-refractivity contribution in [1.29, 1.82) is 0 Å². The zero-order valence-corrected chi connectivity index (χ0v) is 11.0. The Balaban J connectivity index is 2.69. The summed E-state index contributed by atoms with van der Waals surface area (Å²) in [4.78, 5) is 15.4. The highest BCUT2D eigenvalue weighted by Gasteiger charge is 2.33. The predicted octanol–water partition coefficient (Wildman–Crippen LogP) is 3.51. The number of hydrogen-bond acceptors (Lipinski definition) is 2. The summed E-state index contributed by atoms with van der Waals surface area (Å²) >= 11 is 0. The SMILES string of the molecule is CC(C)n1cnc(=O)c(-c2ccccc2C(F)(F)F)c1. The van der Waals surface area contributed by atoms with Gasteiger partial charge in [-0.15, -0.1) is 0 Å². The van der Waals surface area contributed by atoms with Gasteiger partial charge in [-0.1, -0.05) is 18.2 Å². The van der Waals surface area contributed by atoms with E-state index in [2.05, 4.69) is 4.98 Å². The normalized spacial score (nSPS) is 11.9. The molecule has 0 atom stereocenters. The van der Waals surface area contributed by atoms with Crippen molar-refractivity contribution >= 4 is 0 Å². The first-order valence-electron chi connectivity index (χ1n) is 6.05. The molecule has 0 saturated heterocycles. The molecule has 0 aliphatic carbocycles.